The van der Waals surface area contributed by atoms with E-state index < -0.39 is 0 Å². The molecule has 1 atom stereocenters. The SMILES string of the molecule is COc1cc(OC)cc(N2CCOC(Cc3ccccc3)C2)c1. The molecule has 1 unspecified atom stereocenters. The Hall–Kier alpha value is -2.20. The minimum Gasteiger partial charge on any atom is -0.497 e. The van der Waals surface area contributed by atoms with Crippen LogP contribution < -0.4 is 14.4 Å². The van der Waals surface area contributed by atoms with Crippen LogP contribution in [0.25, 0.3) is 0 Å². The largest absolute Gasteiger partial charge is 0.497 e. The zero-order chi connectivity index (χ0) is 16.1. The second kappa shape index (κ2) is 7.38. The molecule has 4 heteroatoms. The van der Waals surface area contributed by atoms with Crippen LogP contribution in [0, 0.1) is 0 Å². The Kier molecular flexibility index (Phi) is 5.03. The molecule has 2 aromatic carbocycles. The van der Waals surface area contributed by atoms with Gasteiger partial charge in [-0.1, -0.05) is 30.3 Å². The van der Waals surface area contributed by atoms with E-state index in [-0.39, 0.29) is 6.10 Å². The maximum Gasteiger partial charge on any atom is 0.124 e. The number of rotatable bonds is 5. The van der Waals surface area contributed by atoms with Crippen molar-refractivity contribution >= 4 is 5.69 Å². The number of methoxy groups -OCH3 is 2. The summed E-state index contributed by atoms with van der Waals surface area (Å²) in [6.07, 6.45) is 1.13. The van der Waals surface area contributed by atoms with Crippen LogP contribution in [-0.4, -0.2) is 40.0 Å². The molecular weight excluding hydrogens is 290 g/mol. The number of nitrogens with zero attached hydrogens (tertiary/aromatic N) is 1. The van der Waals surface area contributed by atoms with Crippen LogP contribution in [0.2, 0.25) is 0 Å². The monoisotopic (exact) mass is 313 g/mol. The summed E-state index contributed by atoms with van der Waals surface area (Å²) in [6, 6.07) is 16.5. The Morgan fingerprint density at radius 2 is 1.74 bits per heavy atom. The van der Waals surface area contributed by atoms with Gasteiger partial charge in [-0.25, -0.2) is 0 Å². The molecule has 0 saturated carbocycles. The van der Waals surface area contributed by atoms with Crippen LogP contribution in [0.15, 0.2) is 48.5 Å². The van der Waals surface area contributed by atoms with E-state index >= 15 is 0 Å². The van der Waals surface area contributed by atoms with Crippen molar-refractivity contribution in [2.45, 2.75) is 12.5 Å². The summed E-state index contributed by atoms with van der Waals surface area (Å²) in [7, 11) is 3.35. The molecule has 0 bridgehead atoms. The van der Waals surface area contributed by atoms with Gasteiger partial charge in [0.25, 0.3) is 0 Å². The third kappa shape index (κ3) is 3.96. The van der Waals surface area contributed by atoms with Gasteiger partial charge in [-0.3, -0.25) is 0 Å². The molecule has 0 N–H and O–H groups in total. The predicted octanol–water partition coefficient (Wildman–Crippen LogP) is 3.15. The van der Waals surface area contributed by atoms with Gasteiger partial charge in [-0.2, -0.15) is 0 Å². The highest BCUT2D eigenvalue weighted by molar-refractivity contribution is 5.56. The first-order valence-corrected chi connectivity index (χ1v) is 7.92. The van der Waals surface area contributed by atoms with E-state index in [0.717, 1.165) is 43.3 Å². The zero-order valence-electron chi connectivity index (χ0n) is 13.7. The molecule has 1 aliphatic rings. The van der Waals surface area contributed by atoms with Crippen LogP contribution >= 0.6 is 0 Å². The third-order valence-electron chi connectivity index (χ3n) is 4.15. The molecule has 1 aliphatic heterocycles. The van der Waals surface area contributed by atoms with E-state index in [2.05, 4.69) is 29.2 Å². The van der Waals surface area contributed by atoms with Gasteiger partial charge >= 0.3 is 0 Å². The molecule has 23 heavy (non-hydrogen) atoms. The zero-order valence-corrected chi connectivity index (χ0v) is 13.7. The van der Waals surface area contributed by atoms with Crippen molar-refractivity contribution in [3.63, 3.8) is 0 Å². The lowest BCUT2D eigenvalue weighted by Gasteiger charge is -2.35. The first kappa shape index (κ1) is 15.7. The van der Waals surface area contributed by atoms with Gasteiger partial charge < -0.3 is 19.1 Å². The number of hydrogen-bond donors (Lipinski definition) is 0. The lowest BCUT2D eigenvalue weighted by Crippen LogP contribution is -2.43. The average Bonchev–Trinajstić information content (AvgIpc) is 2.62. The summed E-state index contributed by atoms with van der Waals surface area (Å²) >= 11 is 0. The molecule has 1 saturated heterocycles. The van der Waals surface area contributed by atoms with Crippen molar-refractivity contribution in [2.24, 2.45) is 0 Å². The standard InChI is InChI=1S/C19H23NO3/c1-21-17-11-16(12-18(13-17)22-2)20-8-9-23-19(14-20)10-15-6-4-3-5-7-15/h3-7,11-13,19H,8-10,14H2,1-2H3. The van der Waals surface area contributed by atoms with E-state index in [1.807, 2.05) is 24.3 Å². The first-order chi connectivity index (χ1) is 11.3. The summed E-state index contributed by atoms with van der Waals surface area (Å²) in [4.78, 5) is 2.34. The second-order valence-electron chi connectivity index (χ2n) is 5.70. The van der Waals surface area contributed by atoms with Gasteiger partial charge in [0.15, 0.2) is 0 Å². The van der Waals surface area contributed by atoms with Crippen molar-refractivity contribution in [1.82, 2.24) is 0 Å². The fourth-order valence-electron chi connectivity index (χ4n) is 2.93. The molecule has 0 aliphatic carbocycles. The van der Waals surface area contributed by atoms with E-state index in [1.165, 1.54) is 5.56 Å². The molecule has 0 amide bonds. The van der Waals surface area contributed by atoms with Gasteiger partial charge in [0.1, 0.15) is 11.5 Å². The first-order valence-electron chi connectivity index (χ1n) is 7.92. The van der Waals surface area contributed by atoms with Crippen LogP contribution in [0.1, 0.15) is 5.56 Å². The Labute approximate surface area is 137 Å². The molecule has 0 aromatic heterocycles. The van der Waals surface area contributed by atoms with Gasteiger partial charge in [-0.15, -0.1) is 0 Å². The van der Waals surface area contributed by atoms with Crippen molar-refractivity contribution < 1.29 is 14.2 Å². The minimum absolute atomic E-state index is 0.198. The highest BCUT2D eigenvalue weighted by Crippen LogP contribution is 2.29. The Bertz CT molecular complexity index is 608. The van der Waals surface area contributed by atoms with Crippen LogP contribution in [0.3, 0.4) is 0 Å². The van der Waals surface area contributed by atoms with Crippen LogP contribution in [0.4, 0.5) is 5.69 Å². The van der Waals surface area contributed by atoms with Crippen molar-refractivity contribution in [3.8, 4) is 11.5 Å². The maximum absolute atomic E-state index is 5.94. The molecular formula is C19H23NO3. The van der Waals surface area contributed by atoms with E-state index in [0.29, 0.717) is 0 Å². The van der Waals surface area contributed by atoms with Gasteiger partial charge in [-0.05, 0) is 5.56 Å². The molecule has 1 heterocycles. The maximum atomic E-state index is 5.94. The Balaban J connectivity index is 1.73. The molecule has 122 valence electrons. The highest BCUT2D eigenvalue weighted by atomic mass is 16.5. The normalized spacial score (nSPS) is 17.8. The fourth-order valence-corrected chi connectivity index (χ4v) is 2.93. The van der Waals surface area contributed by atoms with Gasteiger partial charge in [0, 0.05) is 43.4 Å². The summed E-state index contributed by atoms with van der Waals surface area (Å²) in [5.41, 5.74) is 2.42. The topological polar surface area (TPSA) is 30.9 Å². The molecule has 4 nitrogen and oxygen atoms in total. The minimum atomic E-state index is 0.198. The quantitative estimate of drug-likeness (QED) is 0.848. The number of hydrogen-bond acceptors (Lipinski definition) is 4. The van der Waals surface area contributed by atoms with Gasteiger partial charge in [0.2, 0.25) is 0 Å². The van der Waals surface area contributed by atoms with Crippen LogP contribution in [0.5, 0.6) is 11.5 Å². The predicted molar refractivity (Wildman–Crippen MR) is 91.6 cm³/mol. The number of morpholine rings is 1. The average molecular weight is 313 g/mol. The summed E-state index contributed by atoms with van der Waals surface area (Å²) < 4.78 is 16.7. The van der Waals surface area contributed by atoms with Crippen LogP contribution in [-0.2, 0) is 11.2 Å². The van der Waals surface area contributed by atoms with Crippen molar-refractivity contribution in [3.05, 3.63) is 54.1 Å². The number of benzene rings is 2. The highest BCUT2D eigenvalue weighted by Gasteiger charge is 2.22. The fraction of sp³-hybridized carbons (Fsp3) is 0.368. The third-order valence-corrected chi connectivity index (χ3v) is 4.15. The van der Waals surface area contributed by atoms with E-state index in [4.69, 9.17) is 14.2 Å². The molecule has 2 aromatic rings. The smallest absolute Gasteiger partial charge is 0.124 e. The lowest BCUT2D eigenvalue weighted by atomic mass is 10.1. The Morgan fingerprint density at radius 1 is 1.04 bits per heavy atom. The summed E-state index contributed by atoms with van der Waals surface area (Å²) in [5.74, 6) is 1.62. The van der Waals surface area contributed by atoms with E-state index in [1.54, 1.807) is 14.2 Å². The van der Waals surface area contributed by atoms with Crippen molar-refractivity contribution in [1.29, 1.82) is 0 Å². The van der Waals surface area contributed by atoms with Gasteiger partial charge in [0.05, 0.1) is 26.9 Å². The molecule has 1 fully saturated rings. The van der Waals surface area contributed by atoms with Crippen molar-refractivity contribution in [2.75, 3.05) is 38.8 Å². The molecule has 0 spiro atoms. The van der Waals surface area contributed by atoms with E-state index in [9.17, 15) is 0 Å². The lowest BCUT2D eigenvalue weighted by molar-refractivity contribution is 0.0410. The summed E-state index contributed by atoms with van der Waals surface area (Å²) in [6.45, 7) is 2.48. The second-order valence-corrected chi connectivity index (χ2v) is 5.70. The molecule has 0 radical (unpaired) electrons. The Morgan fingerprint density at radius 3 is 2.39 bits per heavy atom. The number of ether oxygens (including phenoxy) is 3. The molecule has 3 rings (SSSR count). The summed E-state index contributed by atoms with van der Waals surface area (Å²) in [5, 5.41) is 0. The number of anilines is 1.